The van der Waals surface area contributed by atoms with Crippen molar-refractivity contribution in [1.29, 1.82) is 0 Å². The van der Waals surface area contributed by atoms with Gasteiger partial charge in [0.05, 0.1) is 10.4 Å². The third kappa shape index (κ3) is 4.86. The van der Waals surface area contributed by atoms with Gasteiger partial charge in [-0.1, -0.05) is 32.1 Å². The second-order valence-corrected chi connectivity index (χ2v) is 13.8. The van der Waals surface area contributed by atoms with Crippen LogP contribution in [-0.4, -0.2) is 24.9 Å². The van der Waals surface area contributed by atoms with Crippen molar-refractivity contribution in [3.05, 3.63) is 33.7 Å². The molecule has 2 N–H and O–H groups in total. The van der Waals surface area contributed by atoms with Gasteiger partial charge in [-0.15, -0.1) is 0 Å². The Kier molecular flexibility index (Phi) is 6.01. The largest absolute Gasteiger partial charge is 0.416 e. The van der Waals surface area contributed by atoms with Gasteiger partial charge in [0.1, 0.15) is 11.6 Å². The number of aromatic nitrogens is 3. The SMILES string of the molecule is Cc1ncc(C[n+]2csc(CCO[Si](C)(C)C(C)(C)C)c2C)c(N)n1. The van der Waals surface area contributed by atoms with Gasteiger partial charge in [-0.05, 0) is 25.1 Å². The van der Waals surface area contributed by atoms with Crippen LogP contribution in [0.2, 0.25) is 18.1 Å². The van der Waals surface area contributed by atoms with E-state index in [1.165, 1.54) is 10.6 Å². The summed E-state index contributed by atoms with van der Waals surface area (Å²) in [4.78, 5) is 9.87. The molecule has 25 heavy (non-hydrogen) atoms. The molecule has 138 valence electrons. The van der Waals surface area contributed by atoms with E-state index in [1.807, 2.05) is 13.1 Å². The van der Waals surface area contributed by atoms with Gasteiger partial charge in [-0.3, -0.25) is 0 Å². The molecule has 0 saturated carbocycles. The first-order chi connectivity index (χ1) is 11.5. The Morgan fingerprint density at radius 1 is 1.28 bits per heavy atom. The fourth-order valence-electron chi connectivity index (χ4n) is 2.28. The van der Waals surface area contributed by atoms with Crippen LogP contribution < -0.4 is 10.3 Å². The van der Waals surface area contributed by atoms with Gasteiger partial charge in [0.15, 0.2) is 20.6 Å². The molecule has 0 amide bonds. The Balaban J connectivity index is 2.01. The lowest BCUT2D eigenvalue weighted by Crippen LogP contribution is -2.41. The molecule has 0 atom stereocenters. The summed E-state index contributed by atoms with van der Waals surface area (Å²) in [5, 5.41) is 0.250. The van der Waals surface area contributed by atoms with Crippen molar-refractivity contribution in [2.24, 2.45) is 0 Å². The van der Waals surface area contributed by atoms with Gasteiger partial charge in [0, 0.05) is 26.1 Å². The lowest BCUT2D eigenvalue weighted by molar-refractivity contribution is -0.689. The Morgan fingerprint density at radius 3 is 2.56 bits per heavy atom. The van der Waals surface area contributed by atoms with E-state index in [4.69, 9.17) is 10.2 Å². The molecule has 2 aromatic rings. The topological polar surface area (TPSA) is 64.9 Å². The number of anilines is 1. The smallest absolute Gasteiger partial charge is 0.225 e. The Morgan fingerprint density at radius 2 is 1.96 bits per heavy atom. The van der Waals surface area contributed by atoms with Gasteiger partial charge in [-0.25, -0.2) is 9.97 Å². The first-order valence-corrected chi connectivity index (χ1v) is 12.5. The molecule has 0 fully saturated rings. The second kappa shape index (κ2) is 7.51. The molecule has 2 heterocycles. The van der Waals surface area contributed by atoms with Crippen LogP contribution in [-0.2, 0) is 17.4 Å². The summed E-state index contributed by atoms with van der Waals surface area (Å²) < 4.78 is 8.53. The van der Waals surface area contributed by atoms with Crippen molar-refractivity contribution < 1.29 is 8.99 Å². The highest BCUT2D eigenvalue weighted by Crippen LogP contribution is 2.36. The van der Waals surface area contributed by atoms with E-state index >= 15 is 0 Å². The van der Waals surface area contributed by atoms with Crippen molar-refractivity contribution in [1.82, 2.24) is 9.97 Å². The summed E-state index contributed by atoms with van der Waals surface area (Å²) in [7, 11) is -1.68. The number of nitrogen functional groups attached to an aromatic ring is 1. The zero-order chi connectivity index (χ0) is 18.8. The third-order valence-corrected chi connectivity index (χ3v) is 10.8. The van der Waals surface area contributed by atoms with Crippen LogP contribution in [0.4, 0.5) is 5.82 Å². The molecule has 2 rings (SSSR count). The van der Waals surface area contributed by atoms with Crippen LogP contribution in [0.15, 0.2) is 11.7 Å². The fourth-order valence-corrected chi connectivity index (χ4v) is 4.30. The standard InChI is InChI=1S/C18H31N4OSSi/c1-13-16(8-9-23-25(6,7)18(3,4)5)24-12-22(13)11-15-10-20-14(2)21-17(15)19/h10,12H,8-9,11H2,1-7H3,(H2,19,20,21)/q+1. The van der Waals surface area contributed by atoms with Crippen molar-refractivity contribution in [2.45, 2.75) is 65.7 Å². The van der Waals surface area contributed by atoms with E-state index in [1.54, 1.807) is 11.3 Å². The van der Waals surface area contributed by atoms with E-state index in [-0.39, 0.29) is 5.04 Å². The van der Waals surface area contributed by atoms with E-state index in [0.717, 1.165) is 18.6 Å². The number of hydrogen-bond donors (Lipinski definition) is 1. The minimum Gasteiger partial charge on any atom is -0.416 e. The maximum absolute atomic E-state index is 6.31. The maximum Gasteiger partial charge on any atom is 0.225 e. The number of rotatable bonds is 6. The highest BCUT2D eigenvalue weighted by molar-refractivity contribution is 7.09. The molecule has 0 aliphatic heterocycles. The number of nitrogens with two attached hydrogens (primary N) is 1. The lowest BCUT2D eigenvalue weighted by atomic mass is 10.2. The quantitative estimate of drug-likeness (QED) is 0.615. The minimum absolute atomic E-state index is 0.250. The summed E-state index contributed by atoms with van der Waals surface area (Å²) in [5.41, 5.74) is 10.4. The van der Waals surface area contributed by atoms with Crippen molar-refractivity contribution in [2.75, 3.05) is 12.3 Å². The predicted molar refractivity (Wildman–Crippen MR) is 106 cm³/mol. The van der Waals surface area contributed by atoms with Gasteiger partial charge >= 0.3 is 0 Å². The fraction of sp³-hybridized carbons (Fsp3) is 0.611. The number of aryl methyl sites for hydroxylation is 1. The molecule has 7 heteroatoms. The molecule has 2 aromatic heterocycles. The van der Waals surface area contributed by atoms with Crippen LogP contribution >= 0.6 is 11.3 Å². The van der Waals surface area contributed by atoms with Crippen molar-refractivity contribution in [3.8, 4) is 0 Å². The minimum atomic E-state index is -1.68. The highest BCUT2D eigenvalue weighted by atomic mass is 32.1. The average Bonchev–Trinajstić information content (AvgIpc) is 2.82. The van der Waals surface area contributed by atoms with E-state index in [9.17, 15) is 0 Å². The summed E-state index contributed by atoms with van der Waals surface area (Å²) in [6.07, 6.45) is 2.78. The molecule has 0 aliphatic carbocycles. The Hall–Kier alpha value is -1.31. The van der Waals surface area contributed by atoms with Crippen LogP contribution in [0.3, 0.4) is 0 Å². The number of thiazole rings is 1. The van der Waals surface area contributed by atoms with Gasteiger partial charge in [0.2, 0.25) is 5.51 Å². The van der Waals surface area contributed by atoms with Gasteiger partial charge in [-0.2, -0.15) is 4.57 Å². The molecule has 0 radical (unpaired) electrons. The average molecular weight is 380 g/mol. The monoisotopic (exact) mass is 379 g/mol. The van der Waals surface area contributed by atoms with Crippen molar-refractivity contribution >= 4 is 25.5 Å². The Bertz CT molecular complexity index is 737. The molecule has 0 aliphatic rings. The highest BCUT2D eigenvalue weighted by Gasteiger charge is 2.37. The van der Waals surface area contributed by atoms with Crippen LogP contribution in [0.5, 0.6) is 0 Å². The molecule has 0 aromatic carbocycles. The molecular weight excluding hydrogens is 348 g/mol. The maximum atomic E-state index is 6.31. The van der Waals surface area contributed by atoms with E-state index in [2.05, 4.69) is 60.8 Å². The zero-order valence-electron chi connectivity index (χ0n) is 16.5. The second-order valence-electron chi connectivity index (χ2n) is 8.05. The zero-order valence-corrected chi connectivity index (χ0v) is 18.3. The third-order valence-electron chi connectivity index (χ3n) is 5.11. The first kappa shape index (κ1) is 20.0. The van der Waals surface area contributed by atoms with Crippen LogP contribution in [0, 0.1) is 13.8 Å². The van der Waals surface area contributed by atoms with Gasteiger partial charge < -0.3 is 10.2 Å². The predicted octanol–water partition coefficient (Wildman–Crippen LogP) is 3.64. The lowest BCUT2D eigenvalue weighted by Gasteiger charge is -2.36. The number of nitrogens with zero attached hydrogens (tertiary/aromatic N) is 3. The van der Waals surface area contributed by atoms with Crippen LogP contribution in [0.25, 0.3) is 0 Å². The summed E-state index contributed by atoms with van der Waals surface area (Å²) in [6.45, 7) is 16.9. The first-order valence-electron chi connectivity index (χ1n) is 8.69. The molecule has 0 bridgehead atoms. The normalized spacial score (nSPS) is 12.6. The molecule has 5 nitrogen and oxygen atoms in total. The molecule has 0 saturated heterocycles. The molecule has 0 unspecified atom stereocenters. The summed E-state index contributed by atoms with van der Waals surface area (Å²) >= 11 is 1.78. The molecule has 0 spiro atoms. The summed E-state index contributed by atoms with van der Waals surface area (Å²) in [5.74, 6) is 1.27. The van der Waals surface area contributed by atoms with E-state index in [0.29, 0.717) is 18.2 Å². The number of hydrogen-bond acceptors (Lipinski definition) is 5. The summed E-state index contributed by atoms with van der Waals surface area (Å²) in [6, 6.07) is 0. The van der Waals surface area contributed by atoms with Crippen molar-refractivity contribution in [3.63, 3.8) is 0 Å². The molecular formula is C18H31N4OSSi+. The van der Waals surface area contributed by atoms with Crippen LogP contribution in [0.1, 0.15) is 42.7 Å². The Labute approximate surface area is 156 Å². The van der Waals surface area contributed by atoms with Gasteiger partial charge in [0.25, 0.3) is 0 Å². The van der Waals surface area contributed by atoms with E-state index < -0.39 is 8.32 Å².